The maximum Gasteiger partial charge on any atom is 0.328 e. The predicted octanol–water partition coefficient (Wildman–Crippen LogP) is 1.50. The van der Waals surface area contributed by atoms with Gasteiger partial charge in [-0.3, -0.25) is 9.09 Å². The Morgan fingerprint density at radius 3 is 2.60 bits per heavy atom. The van der Waals surface area contributed by atoms with E-state index in [2.05, 4.69) is 5.92 Å². The number of terminal acetylenes is 1. The quantitative estimate of drug-likeness (QED) is 0.464. The highest BCUT2D eigenvalue weighted by molar-refractivity contribution is 7.52. The first-order valence-electron chi connectivity index (χ1n) is 2.92. The van der Waals surface area contributed by atoms with Gasteiger partial charge in [-0.1, -0.05) is 5.92 Å². The second kappa shape index (κ2) is 4.51. The molecule has 0 saturated carbocycles. The Hall–Kier alpha value is -0.290. The average Bonchev–Trinajstić information content (AvgIpc) is 1.84. The van der Waals surface area contributed by atoms with Gasteiger partial charge in [0.25, 0.3) is 0 Å². The summed E-state index contributed by atoms with van der Waals surface area (Å²) in [5.41, 5.74) is 0. The van der Waals surface area contributed by atoms with Gasteiger partial charge in [0.2, 0.25) is 0 Å². The summed E-state index contributed by atoms with van der Waals surface area (Å²) in [7, 11) is -2.85. The lowest BCUT2D eigenvalue weighted by molar-refractivity contribution is 0.236. The fraction of sp³-hybridized carbons (Fsp3) is 0.667. The monoisotopic (exact) mass is 162 g/mol. The van der Waals surface area contributed by atoms with Gasteiger partial charge in [-0.05, 0) is 6.92 Å². The molecule has 0 aromatic carbocycles. The molecule has 3 nitrogen and oxygen atoms in total. The van der Waals surface area contributed by atoms with Crippen molar-refractivity contribution in [2.75, 3.05) is 19.9 Å². The minimum absolute atomic E-state index is 0.0355. The molecule has 0 saturated heterocycles. The molecule has 0 N–H and O–H groups in total. The predicted molar refractivity (Wildman–Crippen MR) is 39.9 cm³/mol. The summed E-state index contributed by atoms with van der Waals surface area (Å²) < 4.78 is 20.5. The largest absolute Gasteiger partial charge is 0.328 e. The van der Waals surface area contributed by atoms with E-state index in [-0.39, 0.29) is 6.61 Å². The van der Waals surface area contributed by atoms with Crippen molar-refractivity contribution in [3.05, 3.63) is 0 Å². The zero-order chi connectivity index (χ0) is 8.04. The van der Waals surface area contributed by atoms with Crippen LogP contribution in [-0.2, 0) is 13.6 Å². The van der Waals surface area contributed by atoms with E-state index in [4.69, 9.17) is 15.5 Å². The Morgan fingerprint density at radius 2 is 2.20 bits per heavy atom. The first-order valence-corrected chi connectivity index (χ1v) is 4.91. The van der Waals surface area contributed by atoms with Crippen molar-refractivity contribution in [2.24, 2.45) is 0 Å². The van der Waals surface area contributed by atoms with Crippen LogP contribution < -0.4 is 0 Å². The summed E-state index contributed by atoms with van der Waals surface area (Å²) in [5.74, 6) is 2.21. The van der Waals surface area contributed by atoms with Crippen molar-refractivity contribution in [3.63, 3.8) is 0 Å². The van der Waals surface area contributed by atoms with E-state index in [1.165, 1.54) is 6.66 Å². The molecular weight excluding hydrogens is 151 g/mol. The molecule has 10 heavy (non-hydrogen) atoms. The SMILES string of the molecule is C#CCOP(C)(=O)OCC. The van der Waals surface area contributed by atoms with Crippen LogP contribution in [-0.4, -0.2) is 19.9 Å². The molecule has 0 aromatic heterocycles. The summed E-state index contributed by atoms with van der Waals surface area (Å²) in [4.78, 5) is 0. The standard InChI is InChI=1S/C6H11O3P/c1-4-6-9-10(3,7)8-5-2/h1H,5-6H2,2-3H3. The normalized spacial score (nSPS) is 15.7. The second-order valence-electron chi connectivity index (χ2n) is 1.67. The molecule has 0 heterocycles. The summed E-state index contributed by atoms with van der Waals surface area (Å²) in [6.07, 6.45) is 4.88. The molecular formula is C6H11O3P. The molecule has 1 unspecified atom stereocenters. The van der Waals surface area contributed by atoms with E-state index in [1.807, 2.05) is 0 Å². The lowest BCUT2D eigenvalue weighted by Gasteiger charge is -2.09. The third-order valence-corrected chi connectivity index (χ3v) is 2.07. The molecule has 0 aliphatic heterocycles. The van der Waals surface area contributed by atoms with E-state index >= 15 is 0 Å². The second-order valence-corrected chi connectivity index (χ2v) is 3.73. The molecule has 1 atom stereocenters. The van der Waals surface area contributed by atoms with Crippen molar-refractivity contribution in [2.45, 2.75) is 6.92 Å². The molecule has 0 amide bonds. The summed E-state index contributed by atoms with van der Waals surface area (Å²) in [5, 5.41) is 0. The van der Waals surface area contributed by atoms with Gasteiger partial charge in [0.15, 0.2) is 0 Å². The lowest BCUT2D eigenvalue weighted by atomic mass is 10.8. The lowest BCUT2D eigenvalue weighted by Crippen LogP contribution is -1.93. The summed E-state index contributed by atoms with van der Waals surface area (Å²) in [6.45, 7) is 3.55. The molecule has 0 radical (unpaired) electrons. The fourth-order valence-corrected chi connectivity index (χ4v) is 1.28. The van der Waals surface area contributed by atoms with Crippen molar-refractivity contribution >= 4 is 7.60 Å². The third-order valence-electron chi connectivity index (χ3n) is 0.746. The van der Waals surface area contributed by atoms with Gasteiger partial charge in [-0.2, -0.15) is 0 Å². The third kappa shape index (κ3) is 4.58. The van der Waals surface area contributed by atoms with Crippen molar-refractivity contribution in [3.8, 4) is 12.3 Å². The molecule has 0 bridgehead atoms. The van der Waals surface area contributed by atoms with E-state index in [9.17, 15) is 4.57 Å². The molecule has 0 aliphatic rings. The van der Waals surface area contributed by atoms with Crippen LogP contribution in [0, 0.1) is 12.3 Å². The van der Waals surface area contributed by atoms with Crippen molar-refractivity contribution in [1.29, 1.82) is 0 Å². The number of rotatable bonds is 4. The highest BCUT2D eigenvalue weighted by atomic mass is 31.2. The summed E-state index contributed by atoms with van der Waals surface area (Å²) in [6, 6.07) is 0. The maximum atomic E-state index is 11.0. The van der Waals surface area contributed by atoms with Gasteiger partial charge in [0, 0.05) is 6.66 Å². The van der Waals surface area contributed by atoms with Gasteiger partial charge in [-0.15, -0.1) is 6.42 Å². The van der Waals surface area contributed by atoms with Crippen LogP contribution in [0.2, 0.25) is 0 Å². The highest BCUT2D eigenvalue weighted by Gasteiger charge is 2.13. The molecule has 0 aromatic rings. The fourth-order valence-electron chi connectivity index (χ4n) is 0.426. The van der Waals surface area contributed by atoms with Crippen LogP contribution in [0.3, 0.4) is 0 Å². The molecule has 0 spiro atoms. The average molecular weight is 162 g/mol. The summed E-state index contributed by atoms with van der Waals surface area (Å²) >= 11 is 0. The Bertz CT molecular complexity index is 170. The zero-order valence-electron chi connectivity index (χ0n) is 6.16. The molecule has 0 rings (SSSR count). The van der Waals surface area contributed by atoms with E-state index < -0.39 is 7.60 Å². The van der Waals surface area contributed by atoms with Crippen LogP contribution in [0.5, 0.6) is 0 Å². The zero-order valence-corrected chi connectivity index (χ0v) is 7.06. The van der Waals surface area contributed by atoms with Crippen LogP contribution >= 0.6 is 7.60 Å². The van der Waals surface area contributed by atoms with Gasteiger partial charge < -0.3 is 4.52 Å². The highest BCUT2D eigenvalue weighted by Crippen LogP contribution is 2.43. The number of hydrogen-bond donors (Lipinski definition) is 0. The van der Waals surface area contributed by atoms with Gasteiger partial charge in [0.05, 0.1) is 6.61 Å². The number of hydrogen-bond acceptors (Lipinski definition) is 3. The van der Waals surface area contributed by atoms with Gasteiger partial charge in [-0.25, -0.2) is 0 Å². The Labute approximate surface area is 61.3 Å². The van der Waals surface area contributed by atoms with E-state index in [0.717, 1.165) is 0 Å². The van der Waals surface area contributed by atoms with Gasteiger partial charge in [0.1, 0.15) is 6.61 Å². The van der Waals surface area contributed by atoms with Crippen LogP contribution in [0.15, 0.2) is 0 Å². The van der Waals surface area contributed by atoms with Crippen molar-refractivity contribution < 1.29 is 13.6 Å². The first kappa shape index (κ1) is 9.71. The molecule has 0 fully saturated rings. The maximum absolute atomic E-state index is 11.0. The van der Waals surface area contributed by atoms with Crippen LogP contribution in [0.1, 0.15) is 6.92 Å². The Kier molecular flexibility index (Phi) is 4.38. The Morgan fingerprint density at radius 1 is 1.60 bits per heavy atom. The van der Waals surface area contributed by atoms with E-state index in [0.29, 0.717) is 6.61 Å². The minimum Gasteiger partial charge on any atom is -0.309 e. The molecule has 0 aliphatic carbocycles. The topological polar surface area (TPSA) is 35.5 Å². The van der Waals surface area contributed by atoms with E-state index in [1.54, 1.807) is 6.92 Å². The molecule has 4 heteroatoms. The first-order chi connectivity index (χ1) is 4.62. The van der Waals surface area contributed by atoms with Gasteiger partial charge >= 0.3 is 7.60 Å². The molecule has 58 valence electrons. The van der Waals surface area contributed by atoms with Crippen LogP contribution in [0.4, 0.5) is 0 Å². The van der Waals surface area contributed by atoms with Crippen LogP contribution in [0.25, 0.3) is 0 Å². The minimum atomic E-state index is -2.85. The Balaban J connectivity index is 3.67. The smallest absolute Gasteiger partial charge is 0.309 e. The van der Waals surface area contributed by atoms with Crippen molar-refractivity contribution in [1.82, 2.24) is 0 Å².